The van der Waals surface area contributed by atoms with Gasteiger partial charge >= 0.3 is 5.97 Å². The zero-order valence-corrected chi connectivity index (χ0v) is 8.59. The lowest BCUT2D eigenvalue weighted by atomic mass is 9.97. The largest absolute Gasteiger partial charge is 0.481 e. The normalized spacial score (nSPS) is 12.4. The van der Waals surface area contributed by atoms with Gasteiger partial charge in [0.15, 0.2) is 0 Å². The van der Waals surface area contributed by atoms with Gasteiger partial charge in [0.1, 0.15) is 0 Å². The van der Waals surface area contributed by atoms with Crippen molar-refractivity contribution in [2.24, 2.45) is 5.92 Å². The third kappa shape index (κ3) is 6.64. The zero-order chi connectivity index (χ0) is 10.1. The van der Waals surface area contributed by atoms with Crippen LogP contribution in [0.25, 0.3) is 0 Å². The molecule has 0 aliphatic rings. The van der Waals surface area contributed by atoms with Crippen LogP contribution >= 0.6 is 11.6 Å². The molecule has 0 aliphatic carbocycles. The number of alkyl halides is 1. The number of carboxylic acid groups (broad SMARTS) is 1. The van der Waals surface area contributed by atoms with E-state index in [-0.39, 0.29) is 5.92 Å². The lowest BCUT2D eigenvalue weighted by Crippen LogP contribution is -2.13. The Morgan fingerprint density at radius 2 is 2.08 bits per heavy atom. The van der Waals surface area contributed by atoms with Crippen LogP contribution < -0.4 is 0 Å². The van der Waals surface area contributed by atoms with Gasteiger partial charge in [0, 0.05) is 5.88 Å². The first-order chi connectivity index (χ1) is 6.22. The molecule has 76 valence electrons. The Balaban J connectivity index is 3.66. The van der Waals surface area contributed by atoms with Crippen molar-refractivity contribution in [3.8, 4) is 0 Å². The lowest BCUT2D eigenvalue weighted by molar-refractivity contribution is -0.142. The Morgan fingerprint density at radius 3 is 2.54 bits per heavy atom. The summed E-state index contributed by atoms with van der Waals surface area (Å²) in [6.45, 7) is 3.60. The molecular weight excluding hydrogens is 188 g/mol. The molecule has 2 nitrogen and oxygen atoms in total. The Labute approximate surface area is 84.6 Å². The Bertz CT molecular complexity index is 157. The second-order valence-corrected chi connectivity index (χ2v) is 3.46. The highest BCUT2D eigenvalue weighted by Gasteiger charge is 2.15. The minimum atomic E-state index is -0.700. The topological polar surface area (TPSA) is 37.3 Å². The van der Waals surface area contributed by atoms with Crippen molar-refractivity contribution in [1.29, 1.82) is 0 Å². The fourth-order valence-corrected chi connectivity index (χ4v) is 1.38. The molecular formula is C10H17ClO2. The van der Waals surface area contributed by atoms with Gasteiger partial charge in [0.25, 0.3) is 0 Å². The molecule has 0 bridgehead atoms. The summed E-state index contributed by atoms with van der Waals surface area (Å²) in [4.78, 5) is 10.7. The van der Waals surface area contributed by atoms with E-state index >= 15 is 0 Å². The highest BCUT2D eigenvalue weighted by molar-refractivity contribution is 6.17. The van der Waals surface area contributed by atoms with E-state index in [9.17, 15) is 4.79 Å². The molecule has 0 aliphatic heterocycles. The van der Waals surface area contributed by atoms with Crippen LogP contribution in [0.4, 0.5) is 0 Å². The van der Waals surface area contributed by atoms with Gasteiger partial charge in [0.05, 0.1) is 5.92 Å². The monoisotopic (exact) mass is 204 g/mol. The van der Waals surface area contributed by atoms with Crippen molar-refractivity contribution in [2.45, 2.75) is 32.1 Å². The molecule has 1 unspecified atom stereocenters. The Kier molecular flexibility index (Phi) is 7.80. The predicted octanol–water partition coefficient (Wildman–Crippen LogP) is 3.06. The van der Waals surface area contributed by atoms with Crippen LogP contribution in [-0.4, -0.2) is 17.0 Å². The molecule has 0 rings (SSSR count). The number of aliphatic carboxylic acids is 1. The van der Waals surface area contributed by atoms with Crippen LogP contribution in [-0.2, 0) is 4.79 Å². The minimum Gasteiger partial charge on any atom is -0.481 e. The Morgan fingerprint density at radius 1 is 1.46 bits per heavy atom. The highest BCUT2D eigenvalue weighted by atomic mass is 35.5. The van der Waals surface area contributed by atoms with Crippen molar-refractivity contribution in [3.05, 3.63) is 12.7 Å². The summed E-state index contributed by atoms with van der Waals surface area (Å²) in [5, 5.41) is 8.83. The number of hydrogen-bond acceptors (Lipinski definition) is 1. The van der Waals surface area contributed by atoms with Gasteiger partial charge in [-0.3, -0.25) is 4.79 Å². The molecule has 1 atom stereocenters. The number of carbonyl (C=O) groups is 1. The van der Waals surface area contributed by atoms with Crippen LogP contribution in [0.1, 0.15) is 32.1 Å². The zero-order valence-electron chi connectivity index (χ0n) is 7.84. The summed E-state index contributed by atoms with van der Waals surface area (Å²) in [6, 6.07) is 0. The summed E-state index contributed by atoms with van der Waals surface area (Å²) >= 11 is 5.50. The van der Waals surface area contributed by atoms with Crippen molar-refractivity contribution in [3.63, 3.8) is 0 Å². The van der Waals surface area contributed by atoms with Crippen LogP contribution in [0.2, 0.25) is 0 Å². The van der Waals surface area contributed by atoms with E-state index in [1.165, 1.54) is 0 Å². The van der Waals surface area contributed by atoms with Gasteiger partial charge in [-0.15, -0.1) is 18.2 Å². The number of carboxylic acids is 1. The van der Waals surface area contributed by atoms with Crippen molar-refractivity contribution < 1.29 is 9.90 Å². The summed E-state index contributed by atoms with van der Waals surface area (Å²) in [5.41, 5.74) is 0. The van der Waals surface area contributed by atoms with E-state index in [2.05, 4.69) is 6.58 Å². The van der Waals surface area contributed by atoms with Gasteiger partial charge < -0.3 is 5.11 Å². The first kappa shape index (κ1) is 12.5. The summed E-state index contributed by atoms with van der Waals surface area (Å²) < 4.78 is 0. The SMILES string of the molecule is C=CCCCC(CCCCl)C(=O)O. The molecule has 0 spiro atoms. The molecule has 0 amide bonds. The standard InChI is InChI=1S/C10H17ClO2/c1-2-3-4-6-9(10(12)13)7-5-8-11/h2,9H,1,3-8H2,(H,12,13). The van der Waals surface area contributed by atoms with E-state index in [1.54, 1.807) is 0 Å². The van der Waals surface area contributed by atoms with E-state index in [0.717, 1.165) is 25.7 Å². The fraction of sp³-hybridized carbons (Fsp3) is 0.700. The number of allylic oxidation sites excluding steroid dienone is 1. The number of unbranched alkanes of at least 4 members (excludes halogenated alkanes) is 1. The second-order valence-electron chi connectivity index (χ2n) is 3.09. The van der Waals surface area contributed by atoms with E-state index in [1.807, 2.05) is 6.08 Å². The third-order valence-corrected chi connectivity index (χ3v) is 2.26. The number of halogens is 1. The maximum atomic E-state index is 10.7. The smallest absolute Gasteiger partial charge is 0.306 e. The number of rotatable bonds is 8. The summed E-state index contributed by atoms with van der Waals surface area (Å²) in [7, 11) is 0. The van der Waals surface area contributed by atoms with Crippen LogP contribution in [0, 0.1) is 5.92 Å². The summed E-state index contributed by atoms with van der Waals surface area (Å²) in [5.74, 6) is -0.376. The molecule has 3 heteroatoms. The van der Waals surface area contributed by atoms with Crippen LogP contribution in [0.15, 0.2) is 12.7 Å². The van der Waals surface area contributed by atoms with Crippen molar-refractivity contribution >= 4 is 17.6 Å². The van der Waals surface area contributed by atoms with Gasteiger partial charge in [-0.2, -0.15) is 0 Å². The van der Waals surface area contributed by atoms with E-state index in [0.29, 0.717) is 12.3 Å². The first-order valence-electron chi connectivity index (χ1n) is 4.62. The Hall–Kier alpha value is -0.500. The molecule has 0 radical (unpaired) electrons. The highest BCUT2D eigenvalue weighted by Crippen LogP contribution is 2.15. The molecule has 0 fully saturated rings. The average molecular weight is 205 g/mol. The number of hydrogen-bond donors (Lipinski definition) is 1. The minimum absolute atomic E-state index is 0.223. The van der Waals surface area contributed by atoms with E-state index in [4.69, 9.17) is 16.7 Å². The van der Waals surface area contributed by atoms with Crippen molar-refractivity contribution in [1.82, 2.24) is 0 Å². The second kappa shape index (κ2) is 8.11. The first-order valence-corrected chi connectivity index (χ1v) is 5.15. The van der Waals surface area contributed by atoms with E-state index < -0.39 is 5.97 Å². The molecule has 0 heterocycles. The summed E-state index contributed by atoms with van der Waals surface area (Å²) in [6.07, 6.45) is 5.83. The molecule has 0 aromatic carbocycles. The average Bonchev–Trinajstić information content (AvgIpc) is 2.10. The molecule has 0 saturated carbocycles. The quantitative estimate of drug-likeness (QED) is 0.375. The molecule has 0 aromatic rings. The maximum Gasteiger partial charge on any atom is 0.306 e. The van der Waals surface area contributed by atoms with Gasteiger partial charge in [-0.05, 0) is 32.1 Å². The lowest BCUT2D eigenvalue weighted by Gasteiger charge is -2.09. The fourth-order valence-electron chi connectivity index (χ4n) is 1.22. The molecule has 0 aromatic heterocycles. The van der Waals surface area contributed by atoms with Crippen LogP contribution in [0.3, 0.4) is 0 Å². The predicted molar refractivity (Wildman–Crippen MR) is 55.1 cm³/mol. The molecule has 0 saturated heterocycles. The van der Waals surface area contributed by atoms with Crippen LogP contribution in [0.5, 0.6) is 0 Å². The van der Waals surface area contributed by atoms with Crippen molar-refractivity contribution in [2.75, 3.05) is 5.88 Å². The molecule has 1 N–H and O–H groups in total. The van der Waals surface area contributed by atoms with Gasteiger partial charge in [0.2, 0.25) is 0 Å². The maximum absolute atomic E-state index is 10.7. The van der Waals surface area contributed by atoms with Gasteiger partial charge in [-0.1, -0.05) is 6.08 Å². The van der Waals surface area contributed by atoms with Gasteiger partial charge in [-0.25, -0.2) is 0 Å². The third-order valence-electron chi connectivity index (χ3n) is 2.00. The molecule has 13 heavy (non-hydrogen) atoms.